The van der Waals surface area contributed by atoms with Crippen LogP contribution in [0.1, 0.15) is 53.4 Å². The zero-order chi connectivity index (χ0) is 22.1. The number of hydrogen-bond donors (Lipinski definition) is 0. The second-order valence-electron chi connectivity index (χ2n) is 10.8. The van der Waals surface area contributed by atoms with Gasteiger partial charge in [-0.3, -0.25) is 12.2 Å². The van der Waals surface area contributed by atoms with E-state index in [0.717, 1.165) is 24.7 Å². The third kappa shape index (κ3) is 18.3. The Hall–Kier alpha value is 0.905. The van der Waals surface area contributed by atoms with Gasteiger partial charge in [0.1, 0.15) is 0 Å². The predicted molar refractivity (Wildman–Crippen MR) is 160 cm³/mol. The van der Waals surface area contributed by atoms with E-state index in [-0.39, 0.29) is 39.7 Å². The molecule has 0 heterocycles. The second kappa shape index (κ2) is 20.1. The predicted octanol–water partition coefficient (Wildman–Crippen LogP) is 8.76. The Bertz CT molecular complexity index is 566. The van der Waals surface area contributed by atoms with Gasteiger partial charge in [0.05, 0.1) is 0 Å². The molecule has 6 heteroatoms. The molecule has 0 spiro atoms. The Labute approximate surface area is 231 Å². The molecule has 0 unspecified atom stereocenters. The van der Waals surface area contributed by atoms with Gasteiger partial charge < -0.3 is 14.9 Å². The van der Waals surface area contributed by atoms with Gasteiger partial charge in [0.2, 0.25) is 0 Å². The van der Waals surface area contributed by atoms with Gasteiger partial charge in [0.25, 0.3) is 0 Å². The molecule has 0 aliphatic heterocycles. The SMILES string of the molecule is CC(C)CC1=CC([Si](C)(C)C)=[C-]C1.CC(C)CC1=CC([Si](C)(C)C)=[C-]C1.Cl.Cl.[CH3-].[CH3-].[SiH2]=[Ti]. The molecule has 0 amide bonds. The van der Waals surface area contributed by atoms with E-state index in [1.54, 1.807) is 11.1 Å². The van der Waals surface area contributed by atoms with Crippen LogP contribution >= 0.6 is 24.8 Å². The van der Waals surface area contributed by atoms with Gasteiger partial charge in [0.15, 0.2) is 0 Å². The van der Waals surface area contributed by atoms with Crippen LogP contribution in [0, 0.1) is 38.8 Å². The third-order valence-electron chi connectivity index (χ3n) is 4.67. The van der Waals surface area contributed by atoms with Crippen molar-refractivity contribution in [3.8, 4) is 0 Å². The van der Waals surface area contributed by atoms with E-state index in [4.69, 9.17) is 0 Å². The van der Waals surface area contributed by atoms with Crippen LogP contribution in [-0.4, -0.2) is 23.8 Å². The van der Waals surface area contributed by atoms with Gasteiger partial charge in [-0.05, 0) is 24.7 Å². The molecular formula is C26H52Cl2Si3Ti-4. The van der Waals surface area contributed by atoms with Crippen LogP contribution in [0.3, 0.4) is 0 Å². The summed E-state index contributed by atoms with van der Waals surface area (Å²) >= 11 is 2.03. The average molecular weight is 568 g/mol. The van der Waals surface area contributed by atoms with Crippen LogP contribution < -0.4 is 0 Å². The van der Waals surface area contributed by atoms with Crippen molar-refractivity contribution < 1.29 is 19.2 Å². The van der Waals surface area contributed by atoms with Crippen molar-refractivity contribution in [2.45, 2.75) is 92.7 Å². The van der Waals surface area contributed by atoms with Crippen molar-refractivity contribution in [2.75, 3.05) is 0 Å². The van der Waals surface area contributed by atoms with Gasteiger partial charge in [-0.2, -0.15) is 11.1 Å². The summed E-state index contributed by atoms with van der Waals surface area (Å²) in [6.07, 6.45) is 16.6. The molecule has 0 nitrogen and oxygen atoms in total. The second-order valence-corrected chi connectivity index (χ2v) is 20.9. The monoisotopic (exact) mass is 566 g/mol. The molecule has 0 N–H and O–H groups in total. The van der Waals surface area contributed by atoms with Crippen LogP contribution in [0.15, 0.2) is 33.7 Å². The summed E-state index contributed by atoms with van der Waals surface area (Å²) in [5, 5.41) is 3.06. The molecule has 0 aromatic heterocycles. The number of hydrogen-bond acceptors (Lipinski definition) is 0. The zero-order valence-corrected chi connectivity index (χ0v) is 29.8. The minimum absolute atomic E-state index is 0. The molecule has 0 saturated heterocycles. The summed E-state index contributed by atoms with van der Waals surface area (Å²) in [5.41, 5.74) is 3.18. The summed E-state index contributed by atoms with van der Waals surface area (Å²) in [4.78, 5) is 0. The first-order chi connectivity index (χ1) is 12.8. The molecule has 0 saturated carbocycles. The molecule has 2 aliphatic rings. The first kappa shape index (κ1) is 43.0. The Morgan fingerprint density at radius 3 is 1.12 bits per heavy atom. The quantitative estimate of drug-likeness (QED) is 0.222. The van der Waals surface area contributed by atoms with E-state index >= 15 is 0 Å². The van der Waals surface area contributed by atoms with Crippen molar-refractivity contribution in [2.24, 2.45) is 11.8 Å². The average Bonchev–Trinajstić information content (AvgIpc) is 3.17. The fraction of sp³-hybridized carbons (Fsp3) is 0.615. The Morgan fingerprint density at radius 1 is 0.719 bits per heavy atom. The third-order valence-corrected chi connectivity index (χ3v) is 8.54. The minimum atomic E-state index is -1.09. The van der Waals surface area contributed by atoms with E-state index in [1.165, 1.54) is 23.2 Å². The zero-order valence-electron chi connectivity index (χ0n) is 23.2. The van der Waals surface area contributed by atoms with E-state index < -0.39 is 16.1 Å². The van der Waals surface area contributed by atoms with Gasteiger partial charge in [-0.15, -0.1) is 37.7 Å². The molecular weight excluding hydrogens is 515 g/mol. The van der Waals surface area contributed by atoms with E-state index in [2.05, 4.69) is 91.3 Å². The van der Waals surface area contributed by atoms with Crippen molar-refractivity contribution in [3.05, 3.63) is 60.7 Å². The van der Waals surface area contributed by atoms with Crippen LogP contribution in [0.4, 0.5) is 0 Å². The Morgan fingerprint density at radius 2 is 0.969 bits per heavy atom. The normalized spacial score (nSPS) is 14.5. The van der Waals surface area contributed by atoms with Crippen LogP contribution in [0.5, 0.6) is 0 Å². The molecule has 0 radical (unpaired) electrons. The Balaban J connectivity index is -0.000000126. The van der Waals surface area contributed by atoms with Crippen molar-refractivity contribution in [1.82, 2.24) is 0 Å². The maximum absolute atomic E-state index is 3.54. The summed E-state index contributed by atoms with van der Waals surface area (Å²) in [6.45, 7) is 23.5. The Kier molecular flexibility index (Phi) is 27.1. The molecule has 0 aromatic carbocycles. The van der Waals surface area contributed by atoms with Crippen molar-refractivity contribution >= 4 is 48.6 Å². The van der Waals surface area contributed by atoms with Gasteiger partial charge in [-0.25, -0.2) is 22.5 Å². The van der Waals surface area contributed by atoms with Crippen molar-refractivity contribution in [1.29, 1.82) is 0 Å². The number of allylic oxidation sites excluding steroid dienone is 8. The van der Waals surface area contributed by atoms with Crippen LogP contribution in [0.2, 0.25) is 39.3 Å². The molecule has 2 rings (SSSR count). The molecule has 0 aromatic rings. The number of halogens is 2. The molecule has 190 valence electrons. The van der Waals surface area contributed by atoms with Gasteiger partial charge in [-0.1, -0.05) is 67.0 Å². The first-order valence-electron chi connectivity index (χ1n) is 10.8. The van der Waals surface area contributed by atoms with E-state index in [9.17, 15) is 0 Å². The molecule has 2 aliphatic carbocycles. The molecule has 0 fully saturated rings. The maximum atomic E-state index is 3.54. The van der Waals surface area contributed by atoms with E-state index in [0.29, 0.717) is 0 Å². The summed E-state index contributed by atoms with van der Waals surface area (Å²) < 4.78 is 0. The van der Waals surface area contributed by atoms with Gasteiger partial charge >= 0.3 is 26.8 Å². The summed E-state index contributed by atoms with van der Waals surface area (Å²) in [6, 6.07) is 0. The fourth-order valence-electron chi connectivity index (χ4n) is 3.30. The molecule has 0 atom stereocenters. The fourth-order valence-corrected chi connectivity index (χ4v) is 5.82. The molecule has 32 heavy (non-hydrogen) atoms. The van der Waals surface area contributed by atoms with Crippen LogP contribution in [-0.2, 0) is 19.2 Å². The van der Waals surface area contributed by atoms with Crippen molar-refractivity contribution in [3.63, 3.8) is 0 Å². The van der Waals surface area contributed by atoms with E-state index in [1.807, 2.05) is 26.8 Å². The standard InChI is InChI=1S/2C12H21Si.2CH3.2ClH.H2Si.Ti/c2*1-10(2)8-11-6-7-12(9-11)13(3,4)5;;;;;;/h2*9-10H,6,8H2,1-5H3;2*1H3;2*1H;1H2;/q4*-1;;;;. The van der Waals surface area contributed by atoms with Gasteiger partial charge in [0, 0.05) is 16.1 Å². The van der Waals surface area contributed by atoms with Crippen LogP contribution in [0.25, 0.3) is 0 Å². The topological polar surface area (TPSA) is 0 Å². The number of rotatable bonds is 6. The first-order valence-corrected chi connectivity index (χ1v) is 21.8. The summed E-state index contributed by atoms with van der Waals surface area (Å²) in [5.74, 6) is 1.57. The summed E-state index contributed by atoms with van der Waals surface area (Å²) in [7, 11) is -0.315. The molecule has 0 bridgehead atoms.